The topological polar surface area (TPSA) is 72.7 Å². The molecule has 0 aliphatic rings. The van der Waals surface area contributed by atoms with Gasteiger partial charge in [-0.25, -0.2) is 0 Å². The van der Waals surface area contributed by atoms with Gasteiger partial charge < -0.3 is 9.64 Å². The highest BCUT2D eigenvalue weighted by Crippen LogP contribution is 2.25. The van der Waals surface area contributed by atoms with Crippen molar-refractivity contribution in [2.24, 2.45) is 5.92 Å². The first kappa shape index (κ1) is 15.6. The Morgan fingerprint density at radius 3 is 2.68 bits per heavy atom. The normalized spacial score (nSPS) is 10.7. The van der Waals surface area contributed by atoms with Gasteiger partial charge in [0.05, 0.1) is 16.4 Å². The zero-order valence-electron chi connectivity index (χ0n) is 11.3. The van der Waals surface area contributed by atoms with Gasteiger partial charge in [-0.2, -0.15) is 0 Å². The standard InChI is InChI=1S/C12H18N2O4S/c1-9(2)8-13(6-7-18-3)12(15)10-4-5-11(19-10)14(16)17/h4-5,9H,6-8H2,1-3H3. The molecule has 0 saturated carbocycles. The second kappa shape index (κ2) is 7.20. The van der Waals surface area contributed by atoms with Crippen LogP contribution < -0.4 is 0 Å². The average molecular weight is 286 g/mol. The van der Waals surface area contributed by atoms with Crippen LogP contribution in [-0.4, -0.2) is 42.5 Å². The molecule has 1 aromatic rings. The van der Waals surface area contributed by atoms with E-state index >= 15 is 0 Å². The van der Waals surface area contributed by atoms with Crippen molar-refractivity contribution in [3.05, 3.63) is 27.1 Å². The van der Waals surface area contributed by atoms with Crippen LogP contribution in [0.5, 0.6) is 0 Å². The minimum Gasteiger partial charge on any atom is -0.383 e. The summed E-state index contributed by atoms with van der Waals surface area (Å²) < 4.78 is 4.98. The molecule has 106 valence electrons. The summed E-state index contributed by atoms with van der Waals surface area (Å²) in [4.78, 5) is 24.5. The van der Waals surface area contributed by atoms with E-state index < -0.39 is 4.92 Å². The fraction of sp³-hybridized carbons (Fsp3) is 0.583. The number of carbonyl (C=O) groups is 1. The quantitative estimate of drug-likeness (QED) is 0.570. The molecule has 7 heteroatoms. The van der Waals surface area contributed by atoms with Crippen molar-refractivity contribution >= 4 is 22.2 Å². The molecule has 1 heterocycles. The van der Waals surface area contributed by atoms with E-state index in [9.17, 15) is 14.9 Å². The number of ether oxygens (including phenoxy) is 1. The summed E-state index contributed by atoms with van der Waals surface area (Å²) >= 11 is 0.907. The fourth-order valence-electron chi connectivity index (χ4n) is 1.61. The third kappa shape index (κ3) is 4.60. The van der Waals surface area contributed by atoms with Gasteiger partial charge in [-0.15, -0.1) is 0 Å². The van der Waals surface area contributed by atoms with E-state index in [0.29, 0.717) is 30.5 Å². The Balaban J connectivity index is 2.81. The molecule has 0 spiro atoms. The third-order valence-corrected chi connectivity index (χ3v) is 3.45. The Morgan fingerprint density at radius 2 is 2.21 bits per heavy atom. The van der Waals surface area contributed by atoms with Crippen LogP contribution in [0.15, 0.2) is 12.1 Å². The largest absolute Gasteiger partial charge is 0.383 e. The zero-order chi connectivity index (χ0) is 14.4. The van der Waals surface area contributed by atoms with Gasteiger partial charge in [0.25, 0.3) is 5.91 Å². The van der Waals surface area contributed by atoms with E-state index in [-0.39, 0.29) is 10.9 Å². The van der Waals surface area contributed by atoms with E-state index in [2.05, 4.69) is 0 Å². The van der Waals surface area contributed by atoms with E-state index in [4.69, 9.17) is 4.74 Å². The van der Waals surface area contributed by atoms with Crippen molar-refractivity contribution in [1.82, 2.24) is 4.90 Å². The van der Waals surface area contributed by atoms with Gasteiger partial charge in [-0.05, 0) is 12.0 Å². The average Bonchev–Trinajstić information content (AvgIpc) is 2.82. The minimum absolute atomic E-state index is 0.0143. The molecule has 0 unspecified atom stereocenters. The second-order valence-corrected chi connectivity index (χ2v) is 5.60. The predicted octanol–water partition coefficient (Wildman–Crippen LogP) is 2.40. The first-order valence-electron chi connectivity index (χ1n) is 5.98. The van der Waals surface area contributed by atoms with Crippen molar-refractivity contribution in [3.8, 4) is 0 Å². The lowest BCUT2D eigenvalue weighted by atomic mass is 10.2. The molecule has 0 aromatic carbocycles. The number of amides is 1. The van der Waals surface area contributed by atoms with Gasteiger partial charge >= 0.3 is 5.00 Å². The number of hydrogen-bond donors (Lipinski definition) is 0. The molecule has 1 rings (SSSR count). The number of thiophene rings is 1. The monoisotopic (exact) mass is 286 g/mol. The van der Waals surface area contributed by atoms with Crippen LogP contribution in [-0.2, 0) is 4.74 Å². The Morgan fingerprint density at radius 1 is 1.53 bits per heavy atom. The number of carbonyl (C=O) groups excluding carboxylic acids is 1. The van der Waals surface area contributed by atoms with E-state index in [1.54, 1.807) is 12.0 Å². The van der Waals surface area contributed by atoms with Crippen molar-refractivity contribution in [2.45, 2.75) is 13.8 Å². The predicted molar refractivity (Wildman–Crippen MR) is 73.6 cm³/mol. The number of hydrogen-bond acceptors (Lipinski definition) is 5. The minimum atomic E-state index is -0.483. The van der Waals surface area contributed by atoms with Crippen LogP contribution in [0.2, 0.25) is 0 Å². The lowest BCUT2D eigenvalue weighted by Gasteiger charge is -2.23. The van der Waals surface area contributed by atoms with Crippen LogP contribution in [0.25, 0.3) is 0 Å². The molecule has 1 amide bonds. The second-order valence-electron chi connectivity index (χ2n) is 4.53. The van der Waals surface area contributed by atoms with E-state index in [0.717, 1.165) is 11.3 Å². The van der Waals surface area contributed by atoms with Gasteiger partial charge in [0.1, 0.15) is 0 Å². The summed E-state index contributed by atoms with van der Waals surface area (Å²) in [5.74, 6) is 0.152. The fourth-order valence-corrected chi connectivity index (χ4v) is 2.40. The maximum atomic E-state index is 12.3. The van der Waals surface area contributed by atoms with E-state index in [1.807, 2.05) is 13.8 Å². The van der Waals surface area contributed by atoms with Crippen molar-refractivity contribution < 1.29 is 14.5 Å². The summed E-state index contributed by atoms with van der Waals surface area (Å²) in [6, 6.07) is 2.87. The number of rotatable bonds is 7. The molecular weight excluding hydrogens is 268 g/mol. The smallest absolute Gasteiger partial charge is 0.324 e. The summed E-state index contributed by atoms with van der Waals surface area (Å²) in [5, 5.41) is 10.6. The van der Waals surface area contributed by atoms with Gasteiger partial charge in [0.2, 0.25) is 0 Å². The molecule has 0 N–H and O–H groups in total. The first-order valence-corrected chi connectivity index (χ1v) is 6.79. The zero-order valence-corrected chi connectivity index (χ0v) is 12.1. The summed E-state index contributed by atoms with van der Waals surface area (Å²) in [6.07, 6.45) is 0. The van der Waals surface area contributed by atoms with Gasteiger partial charge in [-0.3, -0.25) is 14.9 Å². The Kier molecular flexibility index (Phi) is 5.91. The highest BCUT2D eigenvalue weighted by Gasteiger charge is 2.21. The lowest BCUT2D eigenvalue weighted by molar-refractivity contribution is -0.380. The Labute approximate surface area is 116 Å². The summed E-state index contributed by atoms with van der Waals surface area (Å²) in [7, 11) is 1.58. The highest BCUT2D eigenvalue weighted by atomic mass is 32.1. The molecule has 0 radical (unpaired) electrons. The number of nitro groups is 1. The van der Waals surface area contributed by atoms with Crippen LogP contribution >= 0.6 is 11.3 Å². The van der Waals surface area contributed by atoms with Crippen LogP contribution in [0, 0.1) is 16.0 Å². The first-order chi connectivity index (χ1) is 8.95. The van der Waals surface area contributed by atoms with Crippen molar-refractivity contribution in [3.63, 3.8) is 0 Å². The van der Waals surface area contributed by atoms with Crippen LogP contribution in [0.1, 0.15) is 23.5 Å². The lowest BCUT2D eigenvalue weighted by Crippen LogP contribution is -2.36. The number of nitrogens with zero attached hydrogens (tertiary/aromatic N) is 2. The molecule has 6 nitrogen and oxygen atoms in total. The molecule has 0 bridgehead atoms. The molecule has 0 atom stereocenters. The number of methoxy groups -OCH3 is 1. The third-order valence-electron chi connectivity index (χ3n) is 2.42. The SMILES string of the molecule is COCCN(CC(C)C)C(=O)c1ccc([N+](=O)[O-])s1. The van der Waals surface area contributed by atoms with Crippen molar-refractivity contribution in [1.29, 1.82) is 0 Å². The van der Waals surface area contributed by atoms with Crippen LogP contribution in [0.3, 0.4) is 0 Å². The van der Waals surface area contributed by atoms with Gasteiger partial charge in [0, 0.05) is 26.3 Å². The van der Waals surface area contributed by atoms with E-state index in [1.165, 1.54) is 12.1 Å². The molecule has 0 aliphatic heterocycles. The molecular formula is C12H18N2O4S. The van der Waals surface area contributed by atoms with Gasteiger partial charge in [-0.1, -0.05) is 25.2 Å². The summed E-state index contributed by atoms with van der Waals surface area (Å²) in [6.45, 7) is 5.58. The van der Waals surface area contributed by atoms with Crippen LogP contribution in [0.4, 0.5) is 5.00 Å². The van der Waals surface area contributed by atoms with Gasteiger partial charge in [0.15, 0.2) is 0 Å². The molecule has 19 heavy (non-hydrogen) atoms. The highest BCUT2D eigenvalue weighted by molar-refractivity contribution is 7.17. The molecule has 0 saturated heterocycles. The molecule has 1 aromatic heterocycles. The summed E-state index contributed by atoms with van der Waals surface area (Å²) in [5.41, 5.74) is 0. The van der Waals surface area contributed by atoms with Crippen molar-refractivity contribution in [2.75, 3.05) is 26.8 Å². The maximum Gasteiger partial charge on any atom is 0.324 e. The Hall–Kier alpha value is -1.47. The maximum absolute atomic E-state index is 12.3. The Bertz CT molecular complexity index is 445. The molecule has 0 aliphatic carbocycles. The molecule has 0 fully saturated rings.